The second-order valence-corrected chi connectivity index (χ2v) is 7.78. The first kappa shape index (κ1) is 18.8. The maximum atomic E-state index is 13.2. The first-order chi connectivity index (χ1) is 14.6. The number of halogens is 1. The molecule has 1 saturated heterocycles. The molecule has 8 heteroatoms. The van der Waals surface area contributed by atoms with Crippen LogP contribution in [0.3, 0.4) is 0 Å². The summed E-state index contributed by atoms with van der Waals surface area (Å²) in [6.07, 6.45) is 1.72. The number of benzene rings is 1. The number of carbonyl (C=O) groups is 2. The van der Waals surface area contributed by atoms with Gasteiger partial charge in [0.05, 0.1) is 0 Å². The van der Waals surface area contributed by atoms with Gasteiger partial charge in [0.1, 0.15) is 11.0 Å². The van der Waals surface area contributed by atoms with E-state index in [1.54, 1.807) is 35.2 Å². The third-order valence-corrected chi connectivity index (χ3v) is 5.70. The van der Waals surface area contributed by atoms with Crippen molar-refractivity contribution in [3.8, 4) is 0 Å². The fourth-order valence-corrected chi connectivity index (χ4v) is 4.11. The Bertz CT molecular complexity index is 1150. The Kier molecular flexibility index (Phi) is 4.75. The van der Waals surface area contributed by atoms with Gasteiger partial charge in [-0.15, -0.1) is 0 Å². The highest BCUT2D eigenvalue weighted by atomic mass is 35.5. The van der Waals surface area contributed by atoms with Crippen LogP contribution < -0.4 is 4.90 Å². The molecule has 2 aromatic heterocycles. The number of ether oxygens (including phenoxy) is 1. The summed E-state index contributed by atoms with van der Waals surface area (Å²) >= 11 is 6.01. The van der Waals surface area contributed by atoms with Gasteiger partial charge in [0, 0.05) is 29.6 Å². The molecule has 4 heterocycles. The third kappa shape index (κ3) is 3.25. The monoisotopic (exact) mass is 422 g/mol. The lowest BCUT2D eigenvalue weighted by molar-refractivity contribution is 0.0562. The number of pyridine rings is 2. The van der Waals surface area contributed by atoms with E-state index in [0.29, 0.717) is 40.8 Å². The van der Waals surface area contributed by atoms with Crippen LogP contribution >= 0.6 is 11.6 Å². The summed E-state index contributed by atoms with van der Waals surface area (Å²) in [6, 6.07) is 14.2. The Morgan fingerprint density at radius 2 is 1.77 bits per heavy atom. The minimum absolute atomic E-state index is 0.268. The van der Waals surface area contributed by atoms with Gasteiger partial charge in [0.25, 0.3) is 5.91 Å². The number of hydrogen-bond donors (Lipinski definition) is 0. The average Bonchev–Trinajstić information content (AvgIpc) is 3.05. The Morgan fingerprint density at radius 1 is 1.00 bits per heavy atom. The summed E-state index contributed by atoms with van der Waals surface area (Å²) in [6.45, 7) is 1.33. The van der Waals surface area contributed by atoms with E-state index in [-0.39, 0.29) is 5.91 Å². The Labute approximate surface area is 178 Å². The lowest BCUT2D eigenvalue weighted by atomic mass is 10.1. The molecule has 0 saturated carbocycles. The summed E-state index contributed by atoms with van der Waals surface area (Å²) < 4.78 is 5.86. The largest absolute Gasteiger partial charge is 0.420 e. The van der Waals surface area contributed by atoms with Crippen molar-refractivity contribution in [2.45, 2.75) is 25.5 Å². The van der Waals surface area contributed by atoms with Gasteiger partial charge in [-0.05, 0) is 49.6 Å². The molecule has 5 rings (SSSR count). The molecule has 0 bridgehead atoms. The van der Waals surface area contributed by atoms with Crippen molar-refractivity contribution in [2.24, 2.45) is 0 Å². The SMILES string of the molecule is O=C(OC1c2ccccc2C(=O)N1c1ccc2ccc(Cl)nc2n1)N1CCCCC1. The first-order valence-corrected chi connectivity index (χ1v) is 10.3. The molecular formula is C22H19ClN4O3. The number of anilines is 1. The maximum Gasteiger partial charge on any atom is 0.411 e. The molecule has 1 aromatic carbocycles. The molecule has 152 valence electrons. The Balaban J connectivity index is 1.53. The summed E-state index contributed by atoms with van der Waals surface area (Å²) in [5, 5.41) is 1.12. The van der Waals surface area contributed by atoms with Crippen molar-refractivity contribution in [2.75, 3.05) is 18.0 Å². The van der Waals surface area contributed by atoms with Crippen molar-refractivity contribution in [1.82, 2.24) is 14.9 Å². The summed E-state index contributed by atoms with van der Waals surface area (Å²) in [5.74, 6) is 0.0887. The fraction of sp³-hybridized carbons (Fsp3) is 0.273. The minimum atomic E-state index is -0.882. The highest BCUT2D eigenvalue weighted by Gasteiger charge is 2.41. The predicted octanol–water partition coefficient (Wildman–Crippen LogP) is 4.56. The minimum Gasteiger partial charge on any atom is -0.420 e. The molecule has 0 N–H and O–H groups in total. The van der Waals surface area contributed by atoms with Crippen LogP contribution in [0.5, 0.6) is 0 Å². The van der Waals surface area contributed by atoms with Gasteiger partial charge >= 0.3 is 6.09 Å². The quantitative estimate of drug-likeness (QED) is 0.565. The first-order valence-electron chi connectivity index (χ1n) is 9.93. The van der Waals surface area contributed by atoms with Gasteiger partial charge in [-0.25, -0.2) is 14.8 Å². The second-order valence-electron chi connectivity index (χ2n) is 7.40. The van der Waals surface area contributed by atoms with E-state index in [4.69, 9.17) is 16.3 Å². The molecule has 0 spiro atoms. The van der Waals surface area contributed by atoms with Crippen LogP contribution in [0.15, 0.2) is 48.5 Å². The molecule has 1 unspecified atom stereocenters. The summed E-state index contributed by atoms with van der Waals surface area (Å²) in [5.41, 5.74) is 1.56. The van der Waals surface area contributed by atoms with E-state index in [0.717, 1.165) is 24.6 Å². The van der Waals surface area contributed by atoms with Crippen molar-refractivity contribution in [3.63, 3.8) is 0 Å². The number of fused-ring (bicyclic) bond motifs is 2. The van der Waals surface area contributed by atoms with Crippen LogP contribution in [0.25, 0.3) is 11.0 Å². The van der Waals surface area contributed by atoms with E-state index in [2.05, 4.69) is 9.97 Å². The molecule has 1 fully saturated rings. The van der Waals surface area contributed by atoms with Gasteiger partial charge in [0.15, 0.2) is 5.65 Å². The lowest BCUT2D eigenvalue weighted by Gasteiger charge is -2.30. The van der Waals surface area contributed by atoms with E-state index in [9.17, 15) is 9.59 Å². The van der Waals surface area contributed by atoms with E-state index < -0.39 is 12.3 Å². The van der Waals surface area contributed by atoms with Crippen molar-refractivity contribution < 1.29 is 14.3 Å². The zero-order valence-corrected chi connectivity index (χ0v) is 16.9. The van der Waals surface area contributed by atoms with E-state index >= 15 is 0 Å². The highest BCUT2D eigenvalue weighted by molar-refractivity contribution is 6.29. The molecule has 2 aliphatic rings. The predicted molar refractivity (Wildman–Crippen MR) is 112 cm³/mol. The fourth-order valence-electron chi connectivity index (χ4n) is 3.97. The normalized spacial score (nSPS) is 18.6. The number of piperidine rings is 1. The van der Waals surface area contributed by atoms with Gasteiger partial charge in [-0.3, -0.25) is 9.69 Å². The maximum absolute atomic E-state index is 13.2. The summed E-state index contributed by atoms with van der Waals surface area (Å²) in [4.78, 5) is 37.9. The van der Waals surface area contributed by atoms with Crippen LogP contribution in [0.4, 0.5) is 10.6 Å². The number of hydrogen-bond acceptors (Lipinski definition) is 5. The Hall–Kier alpha value is -3.19. The lowest BCUT2D eigenvalue weighted by Crippen LogP contribution is -2.39. The number of aromatic nitrogens is 2. The molecule has 0 aliphatic carbocycles. The van der Waals surface area contributed by atoms with Crippen LogP contribution in [-0.2, 0) is 4.74 Å². The van der Waals surface area contributed by atoms with Crippen LogP contribution in [-0.4, -0.2) is 40.0 Å². The van der Waals surface area contributed by atoms with Crippen LogP contribution in [0.1, 0.15) is 41.4 Å². The molecular weight excluding hydrogens is 404 g/mol. The average molecular weight is 423 g/mol. The van der Waals surface area contributed by atoms with E-state index in [1.165, 1.54) is 4.90 Å². The van der Waals surface area contributed by atoms with Gasteiger partial charge in [-0.1, -0.05) is 29.8 Å². The number of likely N-dealkylation sites (tertiary alicyclic amines) is 1. The number of rotatable bonds is 2. The van der Waals surface area contributed by atoms with Gasteiger partial charge in [0.2, 0.25) is 6.23 Å². The van der Waals surface area contributed by atoms with Crippen LogP contribution in [0, 0.1) is 0 Å². The van der Waals surface area contributed by atoms with Crippen molar-refractivity contribution in [1.29, 1.82) is 0 Å². The molecule has 0 radical (unpaired) electrons. The third-order valence-electron chi connectivity index (χ3n) is 5.49. The van der Waals surface area contributed by atoms with E-state index in [1.807, 2.05) is 18.2 Å². The molecule has 1 atom stereocenters. The number of carbonyl (C=O) groups excluding carboxylic acids is 2. The molecule has 30 heavy (non-hydrogen) atoms. The van der Waals surface area contributed by atoms with Crippen molar-refractivity contribution >= 4 is 40.5 Å². The zero-order chi connectivity index (χ0) is 20.7. The topological polar surface area (TPSA) is 75.6 Å². The van der Waals surface area contributed by atoms with Gasteiger partial charge in [-0.2, -0.15) is 0 Å². The smallest absolute Gasteiger partial charge is 0.411 e. The second kappa shape index (κ2) is 7.57. The summed E-state index contributed by atoms with van der Waals surface area (Å²) in [7, 11) is 0. The molecule has 3 aromatic rings. The standard InChI is InChI=1S/C22H19ClN4O3/c23-17-10-8-14-9-11-18(25-19(14)24-17)27-20(28)15-6-2-3-7-16(15)21(27)30-22(29)26-12-4-1-5-13-26/h2-3,6-11,21H,1,4-5,12-13H2. The zero-order valence-electron chi connectivity index (χ0n) is 16.1. The molecule has 2 amide bonds. The van der Waals surface area contributed by atoms with Gasteiger partial charge < -0.3 is 9.64 Å². The van der Waals surface area contributed by atoms with Crippen LogP contribution in [0.2, 0.25) is 5.15 Å². The molecule has 7 nitrogen and oxygen atoms in total. The van der Waals surface area contributed by atoms with Crippen molar-refractivity contribution in [3.05, 3.63) is 64.8 Å². The number of nitrogens with zero attached hydrogens (tertiary/aromatic N) is 4. The number of amides is 2. The molecule has 2 aliphatic heterocycles. The Morgan fingerprint density at radius 3 is 2.60 bits per heavy atom. The highest BCUT2D eigenvalue weighted by Crippen LogP contribution is 2.38.